The summed E-state index contributed by atoms with van der Waals surface area (Å²) in [4.78, 5) is 23.0. The largest absolute Gasteiger partial charge is 0.352 e. The number of aromatic amines is 1. The number of fused-ring (bicyclic) bond motifs is 1. The van der Waals surface area contributed by atoms with Gasteiger partial charge in [-0.05, 0) is 31.0 Å². The van der Waals surface area contributed by atoms with E-state index in [9.17, 15) is 22.0 Å². The maximum atomic E-state index is 13.4. The second-order valence-electron chi connectivity index (χ2n) is 8.90. The fourth-order valence-corrected chi connectivity index (χ4v) is 4.30. The van der Waals surface area contributed by atoms with E-state index in [0.29, 0.717) is 22.6 Å². The van der Waals surface area contributed by atoms with Crippen molar-refractivity contribution in [1.82, 2.24) is 24.7 Å². The van der Waals surface area contributed by atoms with Crippen molar-refractivity contribution >= 4 is 50.0 Å². The molecule has 37 heavy (non-hydrogen) atoms. The van der Waals surface area contributed by atoms with Gasteiger partial charge in [0.15, 0.2) is 11.5 Å². The number of aromatic nitrogens is 5. The van der Waals surface area contributed by atoms with Crippen molar-refractivity contribution in [2.45, 2.75) is 19.3 Å². The number of imidazole rings is 1. The van der Waals surface area contributed by atoms with Crippen LogP contribution in [-0.4, -0.2) is 52.4 Å². The molecule has 0 unspecified atom stereocenters. The number of H-pyrrole nitrogens is 1. The number of amides is 1. The summed E-state index contributed by atoms with van der Waals surface area (Å²) in [5.74, 6) is -0.722. The highest BCUT2D eigenvalue weighted by atomic mass is 32.2. The van der Waals surface area contributed by atoms with Gasteiger partial charge in [0, 0.05) is 37.8 Å². The van der Waals surface area contributed by atoms with Crippen LogP contribution in [0.1, 0.15) is 25.1 Å². The molecule has 1 amide bonds. The molecule has 3 N–H and O–H groups in total. The molecule has 3 aromatic heterocycles. The lowest BCUT2D eigenvalue weighted by atomic mass is 10.1. The van der Waals surface area contributed by atoms with Crippen LogP contribution in [0.25, 0.3) is 22.4 Å². The predicted molar refractivity (Wildman–Crippen MR) is 135 cm³/mol. The number of rotatable bonds is 8. The van der Waals surface area contributed by atoms with Gasteiger partial charge in [-0.25, -0.2) is 27.2 Å². The Kier molecular flexibility index (Phi) is 6.06. The molecule has 0 atom stereocenters. The molecule has 5 rings (SSSR count). The van der Waals surface area contributed by atoms with Crippen molar-refractivity contribution in [2.24, 2.45) is 13.0 Å². The molecule has 1 aliphatic rings. The summed E-state index contributed by atoms with van der Waals surface area (Å²) in [6.07, 6.45) is 1.54. The third-order valence-corrected chi connectivity index (χ3v) is 7.18. The van der Waals surface area contributed by atoms with Crippen LogP contribution in [0.2, 0.25) is 0 Å². The van der Waals surface area contributed by atoms with Crippen LogP contribution < -0.4 is 14.9 Å². The van der Waals surface area contributed by atoms with Crippen LogP contribution >= 0.6 is 0 Å². The Morgan fingerprint density at radius 1 is 1.19 bits per heavy atom. The number of sulfonamides is 1. The van der Waals surface area contributed by atoms with Crippen molar-refractivity contribution in [3.05, 3.63) is 42.4 Å². The monoisotopic (exact) mass is 530 g/mol. The van der Waals surface area contributed by atoms with Gasteiger partial charge in [-0.3, -0.25) is 13.8 Å². The zero-order chi connectivity index (χ0) is 26.5. The van der Waals surface area contributed by atoms with E-state index in [4.69, 9.17) is 0 Å². The Balaban J connectivity index is 1.61. The number of halogens is 2. The normalized spacial score (nSPS) is 13.8. The summed E-state index contributed by atoms with van der Waals surface area (Å²) >= 11 is 0. The summed E-state index contributed by atoms with van der Waals surface area (Å²) in [7, 11) is -0.483. The first-order valence-corrected chi connectivity index (χ1v) is 13.2. The number of anilines is 4. The summed E-state index contributed by atoms with van der Waals surface area (Å²) < 4.78 is 54.4. The smallest absolute Gasteiger partial charge is 0.295 e. The number of benzene rings is 1. The number of nitrogens with one attached hydrogen (secondary N) is 3. The lowest BCUT2D eigenvalue weighted by Crippen LogP contribution is -2.25. The first kappa shape index (κ1) is 24.6. The van der Waals surface area contributed by atoms with Crippen molar-refractivity contribution < 1.29 is 22.0 Å². The van der Waals surface area contributed by atoms with Gasteiger partial charge in [0.1, 0.15) is 11.3 Å². The number of hydrogen-bond donors (Lipinski definition) is 3. The zero-order valence-electron chi connectivity index (χ0n) is 20.2. The molecule has 3 heterocycles. The Morgan fingerprint density at radius 2 is 1.95 bits per heavy atom. The van der Waals surface area contributed by atoms with Gasteiger partial charge in [0.2, 0.25) is 15.9 Å². The molecule has 0 aliphatic heterocycles. The minimum absolute atomic E-state index is 0.0505. The van der Waals surface area contributed by atoms with Gasteiger partial charge < -0.3 is 15.6 Å². The molecule has 14 heteroatoms. The van der Waals surface area contributed by atoms with E-state index in [2.05, 4.69) is 30.7 Å². The van der Waals surface area contributed by atoms with E-state index in [1.807, 2.05) is 0 Å². The number of carbonyl (C=O) groups excluding carboxylic acids is 1. The summed E-state index contributed by atoms with van der Waals surface area (Å²) in [6, 6.07) is 8.36. The van der Waals surface area contributed by atoms with E-state index in [-0.39, 0.29) is 34.5 Å². The zero-order valence-corrected chi connectivity index (χ0v) is 21.0. The predicted octanol–water partition coefficient (Wildman–Crippen LogP) is 3.78. The minimum atomic E-state index is -3.66. The third-order valence-electron chi connectivity index (χ3n) is 5.99. The van der Waals surface area contributed by atoms with Crippen LogP contribution in [0.15, 0.2) is 36.5 Å². The van der Waals surface area contributed by atoms with Crippen LogP contribution in [0.3, 0.4) is 0 Å². The average Bonchev–Trinajstić information content (AvgIpc) is 3.45. The van der Waals surface area contributed by atoms with Crippen molar-refractivity contribution in [3.8, 4) is 11.3 Å². The van der Waals surface area contributed by atoms with Crippen LogP contribution in [0, 0.1) is 5.92 Å². The third kappa shape index (κ3) is 5.09. The Morgan fingerprint density at radius 3 is 2.57 bits per heavy atom. The van der Waals surface area contributed by atoms with Gasteiger partial charge >= 0.3 is 0 Å². The highest BCUT2D eigenvalue weighted by Crippen LogP contribution is 2.37. The molecule has 11 nitrogen and oxygen atoms in total. The Bertz CT molecular complexity index is 1610. The van der Waals surface area contributed by atoms with Crippen molar-refractivity contribution in [2.75, 3.05) is 28.2 Å². The molecule has 0 saturated heterocycles. The summed E-state index contributed by atoms with van der Waals surface area (Å²) in [6.45, 7) is 0. The van der Waals surface area contributed by atoms with E-state index < -0.39 is 22.3 Å². The quantitative estimate of drug-likeness (QED) is 0.315. The van der Waals surface area contributed by atoms with Gasteiger partial charge in [0.05, 0.1) is 29.0 Å². The maximum absolute atomic E-state index is 13.4. The van der Waals surface area contributed by atoms with E-state index in [1.165, 1.54) is 13.1 Å². The Labute approximate surface area is 211 Å². The van der Waals surface area contributed by atoms with Gasteiger partial charge in [0.25, 0.3) is 6.43 Å². The maximum Gasteiger partial charge on any atom is 0.295 e. The Hall–Kier alpha value is -4.07. The molecule has 0 radical (unpaired) electrons. The molecule has 1 aliphatic carbocycles. The fourth-order valence-electron chi connectivity index (χ4n) is 3.79. The van der Waals surface area contributed by atoms with Crippen LogP contribution in [-0.2, 0) is 21.9 Å². The number of alkyl halides is 2. The minimum Gasteiger partial charge on any atom is -0.352 e. The molecule has 1 saturated carbocycles. The second kappa shape index (κ2) is 9.10. The fraction of sp³-hybridized carbons (Fsp3) is 0.304. The SMILES string of the molecule is CN(c1cc(-c2ccn(C)n2)ccc1Nc1cc(NC(=O)C2CC2)nc2[nH]c(C(F)F)nc12)S(C)(=O)=O. The van der Waals surface area contributed by atoms with Gasteiger partial charge in [-0.1, -0.05) is 6.07 Å². The van der Waals surface area contributed by atoms with E-state index in [0.717, 1.165) is 23.4 Å². The van der Waals surface area contributed by atoms with Crippen LogP contribution in [0.4, 0.5) is 31.7 Å². The lowest BCUT2D eigenvalue weighted by molar-refractivity contribution is -0.117. The average molecular weight is 531 g/mol. The standard InChI is InChI=1S/C23H24F2N8O3S/c1-32-9-8-14(31-32)13-6-7-15(17(10-13)33(2)37(3,35)36)26-16-11-18(28-23(34)12-4-5-12)27-21-19(16)29-22(30-21)20(24)25/h6-12,20H,4-5H2,1-3H3,(H3,26,27,28,29,30,34). The van der Waals surface area contributed by atoms with Crippen molar-refractivity contribution in [3.63, 3.8) is 0 Å². The number of hydrogen-bond acceptors (Lipinski definition) is 7. The second-order valence-corrected chi connectivity index (χ2v) is 10.9. The molecule has 4 aromatic rings. The first-order valence-electron chi connectivity index (χ1n) is 11.3. The van der Waals surface area contributed by atoms with Gasteiger partial charge in [-0.15, -0.1) is 0 Å². The molecular weight excluding hydrogens is 506 g/mol. The summed E-state index contributed by atoms with van der Waals surface area (Å²) in [5, 5.41) is 10.2. The highest BCUT2D eigenvalue weighted by molar-refractivity contribution is 7.92. The number of nitrogens with zero attached hydrogens (tertiary/aromatic N) is 5. The van der Waals surface area contributed by atoms with Crippen LogP contribution in [0.5, 0.6) is 0 Å². The molecular formula is C23H24F2N8O3S. The lowest BCUT2D eigenvalue weighted by Gasteiger charge is -2.22. The van der Waals surface area contributed by atoms with E-state index in [1.54, 1.807) is 42.2 Å². The molecule has 1 fully saturated rings. The molecule has 0 bridgehead atoms. The number of pyridine rings is 1. The molecule has 1 aromatic carbocycles. The van der Waals surface area contributed by atoms with Crippen molar-refractivity contribution in [1.29, 1.82) is 0 Å². The highest BCUT2D eigenvalue weighted by Gasteiger charge is 2.30. The number of aryl methyl sites for hydroxylation is 1. The summed E-state index contributed by atoms with van der Waals surface area (Å²) in [5.41, 5.74) is 2.39. The van der Waals surface area contributed by atoms with E-state index >= 15 is 0 Å². The number of carbonyl (C=O) groups is 1. The molecule has 194 valence electrons. The van der Waals surface area contributed by atoms with Gasteiger partial charge in [-0.2, -0.15) is 5.10 Å². The topological polar surface area (TPSA) is 138 Å². The first-order chi connectivity index (χ1) is 17.5. The molecule has 0 spiro atoms.